The summed E-state index contributed by atoms with van der Waals surface area (Å²) in [7, 11) is 0. The molecule has 1 saturated heterocycles. The van der Waals surface area contributed by atoms with Crippen LogP contribution in [0.1, 0.15) is 26.2 Å². The molecule has 72 valence electrons. The molecule has 0 amide bonds. The van der Waals surface area contributed by atoms with E-state index >= 15 is 0 Å². The number of likely N-dealkylation sites (tertiary alicyclic amines) is 1. The minimum atomic E-state index is -0.422. The zero-order chi connectivity index (χ0) is 9.03. The third-order valence-electron chi connectivity index (χ3n) is 2.39. The van der Waals surface area contributed by atoms with Gasteiger partial charge in [0.25, 0.3) is 0 Å². The van der Waals surface area contributed by atoms with Crippen molar-refractivity contribution in [2.45, 2.75) is 31.8 Å². The topological polar surface area (TPSA) is 23.5 Å². The molecule has 2 nitrogen and oxygen atoms in total. The van der Waals surface area contributed by atoms with Gasteiger partial charge in [-0.05, 0) is 32.7 Å². The molecule has 1 fully saturated rings. The summed E-state index contributed by atoms with van der Waals surface area (Å²) in [5.74, 6) is 0. The molecule has 0 aromatic rings. The molecule has 1 unspecified atom stereocenters. The van der Waals surface area contributed by atoms with Crippen LogP contribution in [0.4, 0.5) is 0 Å². The summed E-state index contributed by atoms with van der Waals surface area (Å²) in [6.45, 7) is 4.99. The summed E-state index contributed by atoms with van der Waals surface area (Å²) in [4.78, 5) is 2.35. The molecule has 1 aliphatic rings. The van der Waals surface area contributed by atoms with Gasteiger partial charge in [0, 0.05) is 18.4 Å². The van der Waals surface area contributed by atoms with Crippen LogP contribution >= 0.6 is 15.9 Å². The Labute approximate surface area is 83.1 Å². The second-order valence-electron chi connectivity index (χ2n) is 3.92. The number of β-amino-alcohol motifs (C(OH)–C–C–N with tert-alkyl or cyclic N) is 1. The zero-order valence-corrected chi connectivity index (χ0v) is 9.31. The Morgan fingerprint density at radius 1 is 1.50 bits per heavy atom. The standard InChI is InChI=1S/C9H18BrNO/c1-9(12)4-7-11(8-9)6-3-2-5-10/h12H,2-8H2,1H3. The van der Waals surface area contributed by atoms with E-state index in [2.05, 4.69) is 20.8 Å². The number of nitrogens with zero attached hydrogens (tertiary/aromatic N) is 1. The number of hydrogen-bond acceptors (Lipinski definition) is 2. The van der Waals surface area contributed by atoms with Crippen molar-refractivity contribution in [1.82, 2.24) is 4.90 Å². The first-order valence-corrected chi connectivity index (χ1v) is 5.77. The highest BCUT2D eigenvalue weighted by molar-refractivity contribution is 9.09. The highest BCUT2D eigenvalue weighted by Gasteiger charge is 2.30. The van der Waals surface area contributed by atoms with Gasteiger partial charge in [0.15, 0.2) is 0 Å². The van der Waals surface area contributed by atoms with Crippen LogP contribution in [0.25, 0.3) is 0 Å². The molecular weight excluding hydrogens is 218 g/mol. The largest absolute Gasteiger partial charge is 0.389 e. The van der Waals surface area contributed by atoms with Crippen LogP contribution in [0, 0.1) is 0 Å². The van der Waals surface area contributed by atoms with E-state index in [4.69, 9.17) is 0 Å². The van der Waals surface area contributed by atoms with Crippen molar-refractivity contribution in [2.24, 2.45) is 0 Å². The van der Waals surface area contributed by atoms with Gasteiger partial charge in [-0.15, -0.1) is 0 Å². The van der Waals surface area contributed by atoms with E-state index in [0.717, 1.165) is 31.4 Å². The highest BCUT2D eigenvalue weighted by atomic mass is 79.9. The summed E-state index contributed by atoms with van der Waals surface area (Å²) < 4.78 is 0. The minimum Gasteiger partial charge on any atom is -0.389 e. The first-order chi connectivity index (χ1) is 5.64. The molecule has 0 aromatic carbocycles. The van der Waals surface area contributed by atoms with Gasteiger partial charge in [0.05, 0.1) is 5.60 Å². The number of unbranched alkanes of at least 4 members (excludes halogenated alkanes) is 1. The molecule has 0 radical (unpaired) electrons. The SMILES string of the molecule is CC1(O)CCN(CCCCBr)C1. The van der Waals surface area contributed by atoms with Gasteiger partial charge in [0.1, 0.15) is 0 Å². The number of aliphatic hydroxyl groups is 1. The van der Waals surface area contributed by atoms with Crippen molar-refractivity contribution in [3.05, 3.63) is 0 Å². The Balaban J connectivity index is 2.11. The minimum absolute atomic E-state index is 0.422. The average Bonchev–Trinajstić information content (AvgIpc) is 2.31. The third kappa shape index (κ3) is 3.42. The molecule has 0 saturated carbocycles. The number of alkyl halides is 1. The van der Waals surface area contributed by atoms with E-state index in [1.54, 1.807) is 0 Å². The fourth-order valence-corrected chi connectivity index (χ4v) is 2.06. The molecular formula is C9H18BrNO. The van der Waals surface area contributed by atoms with E-state index in [9.17, 15) is 5.11 Å². The summed E-state index contributed by atoms with van der Waals surface area (Å²) >= 11 is 3.41. The lowest BCUT2D eigenvalue weighted by Crippen LogP contribution is -2.30. The lowest BCUT2D eigenvalue weighted by molar-refractivity contribution is 0.0687. The summed E-state index contributed by atoms with van der Waals surface area (Å²) in [5, 5.41) is 10.8. The van der Waals surface area contributed by atoms with Gasteiger partial charge in [-0.3, -0.25) is 0 Å². The van der Waals surface area contributed by atoms with Crippen molar-refractivity contribution >= 4 is 15.9 Å². The molecule has 0 spiro atoms. The number of rotatable bonds is 4. The summed E-state index contributed by atoms with van der Waals surface area (Å²) in [6, 6.07) is 0. The monoisotopic (exact) mass is 235 g/mol. The number of hydrogen-bond donors (Lipinski definition) is 1. The maximum absolute atomic E-state index is 9.67. The Morgan fingerprint density at radius 2 is 2.25 bits per heavy atom. The predicted octanol–water partition coefficient (Wildman–Crippen LogP) is 1.62. The van der Waals surface area contributed by atoms with Crippen molar-refractivity contribution < 1.29 is 5.11 Å². The van der Waals surface area contributed by atoms with Gasteiger partial charge in [0.2, 0.25) is 0 Å². The molecule has 0 aliphatic carbocycles. The van der Waals surface area contributed by atoms with E-state index in [-0.39, 0.29) is 0 Å². The van der Waals surface area contributed by atoms with Gasteiger partial charge >= 0.3 is 0 Å². The van der Waals surface area contributed by atoms with Crippen LogP contribution < -0.4 is 0 Å². The van der Waals surface area contributed by atoms with Crippen LogP contribution in [0.3, 0.4) is 0 Å². The normalized spacial score (nSPS) is 31.2. The van der Waals surface area contributed by atoms with Gasteiger partial charge in [-0.2, -0.15) is 0 Å². The molecule has 3 heteroatoms. The molecule has 1 atom stereocenters. The summed E-state index contributed by atoms with van der Waals surface area (Å²) in [6.07, 6.45) is 3.40. The molecule has 1 heterocycles. The fraction of sp³-hybridized carbons (Fsp3) is 1.00. The Morgan fingerprint density at radius 3 is 2.75 bits per heavy atom. The van der Waals surface area contributed by atoms with Crippen LogP contribution in [0.2, 0.25) is 0 Å². The molecule has 12 heavy (non-hydrogen) atoms. The average molecular weight is 236 g/mol. The Bertz CT molecular complexity index is 138. The molecule has 0 bridgehead atoms. The maximum Gasteiger partial charge on any atom is 0.0758 e. The van der Waals surface area contributed by atoms with Gasteiger partial charge in [-0.25, -0.2) is 0 Å². The third-order valence-corrected chi connectivity index (χ3v) is 2.95. The van der Waals surface area contributed by atoms with Crippen molar-refractivity contribution in [1.29, 1.82) is 0 Å². The zero-order valence-electron chi connectivity index (χ0n) is 7.72. The lowest BCUT2D eigenvalue weighted by Gasteiger charge is -2.18. The fourth-order valence-electron chi connectivity index (χ4n) is 1.66. The van der Waals surface area contributed by atoms with Gasteiger partial charge < -0.3 is 10.0 Å². The van der Waals surface area contributed by atoms with E-state index in [1.807, 2.05) is 6.92 Å². The van der Waals surface area contributed by atoms with Crippen molar-refractivity contribution in [2.75, 3.05) is 25.0 Å². The van der Waals surface area contributed by atoms with Crippen LogP contribution in [-0.2, 0) is 0 Å². The second kappa shape index (κ2) is 4.58. The molecule has 1 rings (SSSR count). The van der Waals surface area contributed by atoms with E-state index in [1.165, 1.54) is 12.8 Å². The number of halogens is 1. The Kier molecular flexibility index (Phi) is 4.00. The lowest BCUT2D eigenvalue weighted by atomic mass is 10.1. The molecule has 0 aromatic heterocycles. The molecule has 1 aliphatic heterocycles. The van der Waals surface area contributed by atoms with E-state index < -0.39 is 5.60 Å². The van der Waals surface area contributed by atoms with Crippen LogP contribution in [0.5, 0.6) is 0 Å². The van der Waals surface area contributed by atoms with Gasteiger partial charge in [-0.1, -0.05) is 15.9 Å². The summed E-state index contributed by atoms with van der Waals surface area (Å²) in [5.41, 5.74) is -0.422. The van der Waals surface area contributed by atoms with Crippen LogP contribution in [-0.4, -0.2) is 40.6 Å². The first kappa shape index (κ1) is 10.5. The molecule has 1 N–H and O–H groups in total. The van der Waals surface area contributed by atoms with E-state index in [0.29, 0.717) is 0 Å². The maximum atomic E-state index is 9.67. The van der Waals surface area contributed by atoms with Crippen LogP contribution in [0.15, 0.2) is 0 Å². The smallest absolute Gasteiger partial charge is 0.0758 e. The first-order valence-electron chi connectivity index (χ1n) is 4.65. The predicted molar refractivity (Wildman–Crippen MR) is 54.7 cm³/mol. The second-order valence-corrected chi connectivity index (χ2v) is 4.71. The highest BCUT2D eigenvalue weighted by Crippen LogP contribution is 2.20. The van der Waals surface area contributed by atoms with Crippen molar-refractivity contribution in [3.63, 3.8) is 0 Å². The quantitative estimate of drug-likeness (QED) is 0.592. The Hall–Kier alpha value is 0.400. The van der Waals surface area contributed by atoms with Crippen molar-refractivity contribution in [3.8, 4) is 0 Å².